The predicted molar refractivity (Wildman–Crippen MR) is 79.8 cm³/mol. The van der Waals surface area contributed by atoms with Gasteiger partial charge < -0.3 is 5.32 Å². The van der Waals surface area contributed by atoms with Gasteiger partial charge in [-0.1, -0.05) is 41.0 Å². The van der Waals surface area contributed by atoms with Crippen LogP contribution >= 0.6 is 35.0 Å². The molecule has 4 heteroatoms. The molecule has 1 nitrogen and oxygen atoms in total. The molecule has 0 bridgehead atoms. The van der Waals surface area contributed by atoms with Gasteiger partial charge in [-0.3, -0.25) is 0 Å². The van der Waals surface area contributed by atoms with Gasteiger partial charge in [0.2, 0.25) is 0 Å². The average Bonchev–Trinajstić information content (AvgIpc) is 2.36. The van der Waals surface area contributed by atoms with Crippen LogP contribution in [0.1, 0.15) is 5.56 Å². The number of hydrogen-bond donors (Lipinski definition) is 1. The van der Waals surface area contributed by atoms with Crippen LogP contribution in [0.25, 0.3) is 0 Å². The fourth-order valence-corrected chi connectivity index (χ4v) is 2.94. The highest BCUT2D eigenvalue weighted by Gasteiger charge is 2.05. The first-order valence-electron chi connectivity index (χ1n) is 5.55. The Balaban J connectivity index is 2.26. The quantitative estimate of drug-likeness (QED) is 0.864. The molecule has 0 unspecified atom stereocenters. The summed E-state index contributed by atoms with van der Waals surface area (Å²) in [7, 11) is 1.94. The summed E-state index contributed by atoms with van der Waals surface area (Å²) in [4.78, 5) is 2.32. The van der Waals surface area contributed by atoms with Gasteiger partial charge in [0.25, 0.3) is 0 Å². The van der Waals surface area contributed by atoms with Crippen molar-refractivity contribution in [2.75, 3.05) is 7.05 Å². The van der Waals surface area contributed by atoms with E-state index in [0.29, 0.717) is 0 Å². The van der Waals surface area contributed by atoms with Gasteiger partial charge in [-0.25, -0.2) is 0 Å². The maximum Gasteiger partial charge on any atom is 0.0417 e. The monoisotopic (exact) mass is 297 g/mol. The third kappa shape index (κ3) is 3.66. The number of halogens is 2. The maximum absolute atomic E-state index is 6.05. The zero-order chi connectivity index (χ0) is 13.0. The Hall–Kier alpha value is -0.670. The molecular weight excluding hydrogens is 285 g/mol. The van der Waals surface area contributed by atoms with Crippen molar-refractivity contribution < 1.29 is 0 Å². The predicted octanol–water partition coefficient (Wildman–Crippen LogP) is 4.86. The van der Waals surface area contributed by atoms with Crippen LogP contribution < -0.4 is 5.32 Å². The maximum atomic E-state index is 6.05. The van der Waals surface area contributed by atoms with E-state index in [1.807, 2.05) is 43.4 Å². The Morgan fingerprint density at radius 3 is 2.33 bits per heavy atom. The molecule has 2 aromatic carbocycles. The van der Waals surface area contributed by atoms with E-state index in [1.165, 1.54) is 10.5 Å². The minimum atomic E-state index is 0.751. The van der Waals surface area contributed by atoms with Crippen LogP contribution in [-0.4, -0.2) is 7.05 Å². The second-order valence-electron chi connectivity index (χ2n) is 3.84. The lowest BCUT2D eigenvalue weighted by Gasteiger charge is -2.09. The summed E-state index contributed by atoms with van der Waals surface area (Å²) in [5.74, 6) is 0. The summed E-state index contributed by atoms with van der Waals surface area (Å²) in [6, 6.07) is 13.8. The van der Waals surface area contributed by atoms with Crippen LogP contribution in [0, 0.1) is 0 Å². The van der Waals surface area contributed by atoms with Gasteiger partial charge in [-0.05, 0) is 49.0 Å². The molecule has 1 N–H and O–H groups in total. The number of hydrogen-bond acceptors (Lipinski definition) is 2. The Bertz CT molecular complexity index is 526. The summed E-state index contributed by atoms with van der Waals surface area (Å²) in [5, 5.41) is 4.67. The van der Waals surface area contributed by atoms with Crippen molar-refractivity contribution in [3.05, 3.63) is 58.1 Å². The first kappa shape index (κ1) is 13.8. The van der Waals surface area contributed by atoms with Gasteiger partial charge in [-0.15, -0.1) is 0 Å². The molecule has 0 aliphatic heterocycles. The second-order valence-corrected chi connectivity index (χ2v) is 5.83. The SMILES string of the molecule is CNCc1ccc(Cl)cc1Sc1ccc(Cl)cc1. The second kappa shape index (κ2) is 6.48. The van der Waals surface area contributed by atoms with Crippen molar-refractivity contribution in [2.45, 2.75) is 16.3 Å². The van der Waals surface area contributed by atoms with Gasteiger partial charge in [0, 0.05) is 26.4 Å². The smallest absolute Gasteiger partial charge is 0.0417 e. The summed E-state index contributed by atoms with van der Waals surface area (Å²) in [5.41, 5.74) is 1.24. The molecule has 18 heavy (non-hydrogen) atoms. The topological polar surface area (TPSA) is 12.0 Å². The highest BCUT2D eigenvalue weighted by atomic mass is 35.5. The standard InChI is InChI=1S/C14H13Cl2NS/c1-17-9-10-2-3-12(16)8-14(10)18-13-6-4-11(15)5-7-13/h2-8,17H,9H2,1H3. The van der Waals surface area contributed by atoms with Crippen molar-refractivity contribution >= 4 is 35.0 Å². The Morgan fingerprint density at radius 2 is 1.67 bits per heavy atom. The first-order valence-corrected chi connectivity index (χ1v) is 7.13. The third-order valence-electron chi connectivity index (χ3n) is 2.44. The zero-order valence-corrected chi connectivity index (χ0v) is 12.2. The molecule has 0 saturated heterocycles. The summed E-state index contributed by atoms with van der Waals surface area (Å²) < 4.78 is 0. The van der Waals surface area contributed by atoms with Crippen LogP contribution in [-0.2, 0) is 6.54 Å². The minimum Gasteiger partial charge on any atom is -0.316 e. The molecule has 94 valence electrons. The molecule has 0 aliphatic carbocycles. The average molecular weight is 298 g/mol. The highest BCUT2D eigenvalue weighted by Crippen LogP contribution is 2.33. The number of benzene rings is 2. The van der Waals surface area contributed by atoms with Gasteiger partial charge >= 0.3 is 0 Å². The lowest BCUT2D eigenvalue weighted by Crippen LogP contribution is -2.05. The molecule has 2 aromatic rings. The molecule has 0 atom stereocenters. The minimum absolute atomic E-state index is 0.751. The normalized spacial score (nSPS) is 10.6. The van der Waals surface area contributed by atoms with Gasteiger partial charge in [-0.2, -0.15) is 0 Å². The van der Waals surface area contributed by atoms with Crippen molar-refractivity contribution in [2.24, 2.45) is 0 Å². The molecule has 0 fully saturated rings. The van der Waals surface area contributed by atoms with Crippen molar-refractivity contribution in [3.8, 4) is 0 Å². The van der Waals surface area contributed by atoms with E-state index in [1.54, 1.807) is 11.8 Å². The Kier molecular flexibility index (Phi) is 4.95. The molecule has 0 amide bonds. The first-order chi connectivity index (χ1) is 8.69. The van der Waals surface area contributed by atoms with E-state index >= 15 is 0 Å². The van der Waals surface area contributed by atoms with Crippen molar-refractivity contribution in [1.82, 2.24) is 5.32 Å². The van der Waals surface area contributed by atoms with Crippen LogP contribution in [0.2, 0.25) is 10.0 Å². The van der Waals surface area contributed by atoms with Crippen LogP contribution in [0.5, 0.6) is 0 Å². The summed E-state index contributed by atoms with van der Waals surface area (Å²) in [6.45, 7) is 0.826. The molecule has 2 rings (SSSR count). The molecule has 0 aromatic heterocycles. The van der Waals surface area contributed by atoms with Gasteiger partial charge in [0.15, 0.2) is 0 Å². The fraction of sp³-hybridized carbons (Fsp3) is 0.143. The Morgan fingerprint density at radius 1 is 1.00 bits per heavy atom. The van der Waals surface area contributed by atoms with Crippen molar-refractivity contribution in [1.29, 1.82) is 0 Å². The fourth-order valence-electron chi connectivity index (χ4n) is 1.59. The highest BCUT2D eigenvalue weighted by molar-refractivity contribution is 7.99. The van der Waals surface area contributed by atoms with Crippen LogP contribution in [0.15, 0.2) is 52.3 Å². The van der Waals surface area contributed by atoms with E-state index < -0.39 is 0 Å². The third-order valence-corrected chi connectivity index (χ3v) is 4.03. The zero-order valence-electron chi connectivity index (χ0n) is 9.91. The number of rotatable bonds is 4. The van der Waals surface area contributed by atoms with E-state index in [0.717, 1.165) is 21.5 Å². The number of nitrogens with one attached hydrogen (secondary N) is 1. The van der Waals surface area contributed by atoms with Gasteiger partial charge in [0.1, 0.15) is 0 Å². The van der Waals surface area contributed by atoms with Crippen LogP contribution in [0.3, 0.4) is 0 Å². The molecule has 0 radical (unpaired) electrons. The molecular formula is C14H13Cl2NS. The van der Waals surface area contributed by atoms with E-state index in [-0.39, 0.29) is 0 Å². The lowest BCUT2D eigenvalue weighted by molar-refractivity contribution is 0.803. The summed E-state index contributed by atoms with van der Waals surface area (Å²) in [6.07, 6.45) is 0. The van der Waals surface area contributed by atoms with E-state index in [9.17, 15) is 0 Å². The van der Waals surface area contributed by atoms with Gasteiger partial charge in [0.05, 0.1) is 0 Å². The lowest BCUT2D eigenvalue weighted by atomic mass is 10.2. The Labute approximate surface area is 121 Å². The molecule has 0 heterocycles. The molecule has 0 saturated carbocycles. The van der Waals surface area contributed by atoms with Crippen molar-refractivity contribution in [3.63, 3.8) is 0 Å². The molecule has 0 aliphatic rings. The summed E-state index contributed by atoms with van der Waals surface area (Å²) >= 11 is 13.6. The van der Waals surface area contributed by atoms with E-state index in [2.05, 4.69) is 11.4 Å². The molecule has 0 spiro atoms. The van der Waals surface area contributed by atoms with Crippen LogP contribution in [0.4, 0.5) is 0 Å². The largest absolute Gasteiger partial charge is 0.316 e. The van der Waals surface area contributed by atoms with E-state index in [4.69, 9.17) is 23.2 Å².